The van der Waals surface area contributed by atoms with E-state index in [1.165, 1.54) is 16.7 Å². The Morgan fingerprint density at radius 2 is 1.86 bits per heavy atom. The van der Waals surface area contributed by atoms with Crippen LogP contribution in [-0.4, -0.2) is 46.3 Å². The molecule has 2 amide bonds. The number of rotatable bonds is 6. The third-order valence-electron chi connectivity index (χ3n) is 4.31. The minimum absolute atomic E-state index is 0.0543. The van der Waals surface area contributed by atoms with Crippen molar-refractivity contribution in [2.24, 2.45) is 5.92 Å². The molecule has 1 N–H and O–H groups in total. The molecule has 1 saturated heterocycles. The van der Waals surface area contributed by atoms with E-state index < -0.39 is 17.6 Å². The first-order valence-electron chi connectivity index (χ1n) is 9.53. The highest BCUT2D eigenvalue weighted by atomic mass is 32.2. The van der Waals surface area contributed by atoms with Crippen LogP contribution in [0.25, 0.3) is 0 Å². The number of nitrogens with zero attached hydrogens (tertiary/aromatic N) is 1. The zero-order valence-electron chi connectivity index (χ0n) is 17.2. The minimum atomic E-state index is -0.694. The Morgan fingerprint density at radius 1 is 1.21 bits per heavy atom. The van der Waals surface area contributed by atoms with Crippen LogP contribution < -0.4 is 10.1 Å². The van der Waals surface area contributed by atoms with E-state index in [1.54, 1.807) is 32.9 Å². The van der Waals surface area contributed by atoms with Crippen molar-refractivity contribution in [3.63, 3.8) is 0 Å². The molecule has 3 rings (SSSR count). The highest BCUT2D eigenvalue weighted by molar-refractivity contribution is 8.04. The van der Waals surface area contributed by atoms with Crippen LogP contribution in [0.5, 0.6) is 5.75 Å². The summed E-state index contributed by atoms with van der Waals surface area (Å²) in [5.74, 6) is -0.577. The fraction of sp³-hybridized carbons (Fsp3) is 0.476. The molecule has 0 radical (unpaired) electrons. The molecular formula is C21H26N2O5S. The van der Waals surface area contributed by atoms with E-state index in [9.17, 15) is 14.4 Å². The molecule has 2 atom stereocenters. The van der Waals surface area contributed by atoms with Crippen molar-refractivity contribution in [2.75, 3.05) is 6.61 Å². The molecule has 29 heavy (non-hydrogen) atoms. The molecule has 7 nitrogen and oxygen atoms in total. The van der Waals surface area contributed by atoms with Crippen LogP contribution >= 0.6 is 11.8 Å². The van der Waals surface area contributed by atoms with Gasteiger partial charge in [-0.25, -0.2) is 4.79 Å². The molecule has 1 aromatic rings. The molecule has 2 aliphatic rings. The van der Waals surface area contributed by atoms with Gasteiger partial charge in [-0.3, -0.25) is 14.5 Å². The van der Waals surface area contributed by atoms with Crippen molar-refractivity contribution in [3.8, 4) is 5.75 Å². The van der Waals surface area contributed by atoms with Gasteiger partial charge in [0.2, 0.25) is 0 Å². The number of hydrogen-bond acceptors (Lipinski definition) is 6. The third kappa shape index (κ3) is 4.58. The summed E-state index contributed by atoms with van der Waals surface area (Å²) in [6, 6.07) is 8.29. The maximum atomic E-state index is 12.7. The average Bonchev–Trinajstić information content (AvgIpc) is 3.00. The van der Waals surface area contributed by atoms with Gasteiger partial charge >= 0.3 is 5.97 Å². The molecule has 2 heterocycles. The van der Waals surface area contributed by atoms with Gasteiger partial charge in [-0.1, -0.05) is 43.8 Å². The summed E-state index contributed by atoms with van der Waals surface area (Å²) in [7, 11) is 0. The highest BCUT2D eigenvalue weighted by Gasteiger charge is 2.57. The first-order valence-corrected chi connectivity index (χ1v) is 10.4. The number of carbonyl (C=O) groups is 3. The predicted molar refractivity (Wildman–Crippen MR) is 110 cm³/mol. The Hall–Kier alpha value is -2.48. The molecule has 0 unspecified atom stereocenters. The second-order valence-electron chi connectivity index (χ2n) is 8.23. The summed E-state index contributed by atoms with van der Waals surface area (Å²) in [6.07, 6.45) is 0. The van der Waals surface area contributed by atoms with Gasteiger partial charge in [0.05, 0.1) is 0 Å². The number of allylic oxidation sites excluding steroid dienone is 1. The topological polar surface area (TPSA) is 84.9 Å². The zero-order valence-corrected chi connectivity index (χ0v) is 18.0. The predicted octanol–water partition coefficient (Wildman–Crippen LogP) is 2.67. The van der Waals surface area contributed by atoms with Gasteiger partial charge in [-0.05, 0) is 38.8 Å². The summed E-state index contributed by atoms with van der Waals surface area (Å²) in [5.41, 5.74) is -0.369. The van der Waals surface area contributed by atoms with Crippen LogP contribution in [-0.2, 0) is 19.1 Å². The number of para-hydroxylation sites is 1. The molecular weight excluding hydrogens is 392 g/mol. The van der Waals surface area contributed by atoms with Crippen molar-refractivity contribution >= 4 is 29.5 Å². The standard InChI is InChI=1S/C21H26N2O5S/c1-12(2)17-16(20(26)28-21(3,4)5)23-18(25)15(19(23)29-17)22-14(24)11-27-13-9-7-6-8-10-13/h6-10,12,15,19H,11H2,1-5H3,(H,22,24)/t15-,19+/m1/s1. The van der Waals surface area contributed by atoms with Gasteiger partial charge in [-0.15, -0.1) is 0 Å². The number of nitrogens with one attached hydrogen (secondary N) is 1. The van der Waals surface area contributed by atoms with Crippen molar-refractivity contribution in [3.05, 3.63) is 40.9 Å². The number of esters is 1. The fourth-order valence-electron chi connectivity index (χ4n) is 3.08. The van der Waals surface area contributed by atoms with E-state index in [1.807, 2.05) is 32.0 Å². The van der Waals surface area contributed by atoms with Crippen LogP contribution in [0.4, 0.5) is 0 Å². The number of amides is 2. The molecule has 0 spiro atoms. The average molecular weight is 419 g/mol. The molecule has 0 saturated carbocycles. The van der Waals surface area contributed by atoms with Crippen LogP contribution in [0.3, 0.4) is 0 Å². The van der Waals surface area contributed by atoms with E-state index in [0.29, 0.717) is 11.4 Å². The van der Waals surface area contributed by atoms with Crippen molar-refractivity contribution in [1.29, 1.82) is 0 Å². The molecule has 156 valence electrons. The lowest BCUT2D eigenvalue weighted by Gasteiger charge is -2.42. The number of ether oxygens (including phenoxy) is 2. The first kappa shape index (κ1) is 21.2. The van der Waals surface area contributed by atoms with E-state index in [2.05, 4.69) is 5.32 Å². The van der Waals surface area contributed by atoms with E-state index in [4.69, 9.17) is 9.47 Å². The van der Waals surface area contributed by atoms with Crippen LogP contribution in [0.2, 0.25) is 0 Å². The molecule has 1 fully saturated rings. The Kier molecular flexibility index (Phi) is 5.93. The summed E-state index contributed by atoms with van der Waals surface area (Å²) in [6.45, 7) is 9.10. The SMILES string of the molecule is CC(C)C1=C(C(=O)OC(C)(C)C)N2C(=O)[C@@H](NC(=O)COc3ccccc3)[C@@H]2S1. The van der Waals surface area contributed by atoms with Gasteiger partial charge in [0, 0.05) is 4.91 Å². The van der Waals surface area contributed by atoms with Gasteiger partial charge in [0.25, 0.3) is 11.8 Å². The van der Waals surface area contributed by atoms with Crippen LogP contribution in [0, 0.1) is 5.92 Å². The van der Waals surface area contributed by atoms with E-state index in [-0.39, 0.29) is 29.7 Å². The second-order valence-corrected chi connectivity index (χ2v) is 9.39. The van der Waals surface area contributed by atoms with Gasteiger partial charge in [0.15, 0.2) is 6.61 Å². The molecule has 1 aromatic carbocycles. The number of benzene rings is 1. The molecule has 0 bridgehead atoms. The number of fused-ring (bicyclic) bond motifs is 1. The smallest absolute Gasteiger partial charge is 0.356 e. The number of β-lactam (4-membered cyclic amide) rings is 1. The van der Waals surface area contributed by atoms with E-state index >= 15 is 0 Å². The Balaban J connectivity index is 1.65. The number of carbonyl (C=O) groups excluding carboxylic acids is 3. The largest absolute Gasteiger partial charge is 0.484 e. The lowest BCUT2D eigenvalue weighted by Crippen LogP contribution is -2.68. The van der Waals surface area contributed by atoms with Gasteiger partial charge in [-0.2, -0.15) is 0 Å². The molecule has 8 heteroatoms. The zero-order chi connectivity index (χ0) is 21.3. The summed E-state index contributed by atoms with van der Waals surface area (Å²) < 4.78 is 10.9. The fourth-order valence-corrected chi connectivity index (χ4v) is 4.54. The lowest BCUT2D eigenvalue weighted by molar-refractivity contribution is -0.158. The van der Waals surface area contributed by atoms with Gasteiger partial charge in [0.1, 0.15) is 28.5 Å². The van der Waals surface area contributed by atoms with Crippen molar-refractivity contribution in [2.45, 2.75) is 51.6 Å². The summed E-state index contributed by atoms with van der Waals surface area (Å²) in [4.78, 5) is 39.9. The lowest BCUT2D eigenvalue weighted by atomic mass is 10.0. The second kappa shape index (κ2) is 8.10. The van der Waals surface area contributed by atoms with Gasteiger partial charge < -0.3 is 14.8 Å². The van der Waals surface area contributed by atoms with Crippen molar-refractivity contribution < 1.29 is 23.9 Å². The Labute approximate surface area is 174 Å². The van der Waals surface area contributed by atoms with Crippen LogP contribution in [0.1, 0.15) is 34.6 Å². The van der Waals surface area contributed by atoms with Crippen molar-refractivity contribution in [1.82, 2.24) is 10.2 Å². The molecule has 2 aliphatic heterocycles. The van der Waals surface area contributed by atoms with E-state index in [0.717, 1.165) is 4.91 Å². The summed E-state index contributed by atoms with van der Waals surface area (Å²) >= 11 is 1.43. The Bertz CT molecular complexity index is 844. The normalized spacial score (nSPS) is 21.0. The first-order chi connectivity index (χ1) is 13.6. The minimum Gasteiger partial charge on any atom is -0.484 e. The quantitative estimate of drug-likeness (QED) is 0.565. The Morgan fingerprint density at radius 3 is 2.45 bits per heavy atom. The molecule has 0 aliphatic carbocycles. The maximum absolute atomic E-state index is 12.7. The monoisotopic (exact) mass is 418 g/mol. The maximum Gasteiger partial charge on any atom is 0.356 e. The molecule has 0 aromatic heterocycles. The van der Waals surface area contributed by atoms with Crippen LogP contribution in [0.15, 0.2) is 40.9 Å². The third-order valence-corrected chi connectivity index (χ3v) is 5.95. The summed E-state index contributed by atoms with van der Waals surface area (Å²) in [5, 5.41) is 2.38. The highest BCUT2D eigenvalue weighted by Crippen LogP contribution is 2.49. The number of hydrogen-bond donors (Lipinski definition) is 1. The number of thioether (sulfide) groups is 1.